The van der Waals surface area contributed by atoms with Crippen molar-refractivity contribution in [1.29, 1.82) is 0 Å². The lowest BCUT2D eigenvalue weighted by Crippen LogP contribution is -2.44. The predicted octanol–water partition coefficient (Wildman–Crippen LogP) is 5.62. The van der Waals surface area contributed by atoms with Crippen molar-refractivity contribution in [3.8, 4) is 0 Å². The average Bonchev–Trinajstić information content (AvgIpc) is 0.474. The topological polar surface area (TPSA) is 575 Å². The van der Waals surface area contributed by atoms with Crippen LogP contribution in [-0.4, -0.2) is 244 Å². The standard InChI is InChI=1S/C21H28O12.C17H24O9.C13H20O7.C13H20O6.C11H20O2.C8H14O3/c1-13(22)5-17(26)30-9-21(10-31-18(27)6-14(2)23,11-32-19(28)7-15(3)24)12-33-20(29)8-16(4)25;1-11(18)5-14(21)24-8-17(4,9-25-15(22)6-12(2)19)10-26-16(23)7-13(3)20;1-9(15)4-11(17)19-7-13(3,6-14)8-20-12(18)5-10(2)16;1-9(14)5-11(16)18-7-13(3,4)8-19-12(17)6-10(2)15;1-10(2,3)8(12)7-9(13)11(4,5)6;1-3-4-5-11-8(10)6-7(2)9/h5-12H2,1-4H3;5-10H2,1-4H3;14H,4-8H2,1-3H3;5-8H2,1-4H3;7H2,1-6H3;3-6H2,1-2H3. The molecule has 0 radical (unpaired) electrons. The summed E-state index contributed by atoms with van der Waals surface area (Å²) in [7, 11) is 0. The van der Waals surface area contributed by atoms with Gasteiger partial charge in [-0.1, -0.05) is 75.7 Å². The number of hydrogen-bond donors (Lipinski definition) is 1. The smallest absolute Gasteiger partial charge is 0.313 e. The quantitative estimate of drug-likeness (QED) is 0.0334. The molecule has 0 unspecified atom stereocenters. The molecule has 1 N–H and O–H groups in total. The molecule has 0 saturated heterocycles. The molecule has 0 fully saturated rings. The zero-order valence-electron chi connectivity index (χ0n) is 74.8. The number of ether oxygens (including phenoxy) is 12. The first kappa shape index (κ1) is 122. The van der Waals surface area contributed by atoms with Crippen molar-refractivity contribution in [3.63, 3.8) is 0 Å². The lowest BCUT2D eigenvalue weighted by Gasteiger charge is -2.31. The highest BCUT2D eigenvalue weighted by Gasteiger charge is 2.39. The summed E-state index contributed by atoms with van der Waals surface area (Å²) in [4.78, 5) is 291. The Balaban J connectivity index is -0.000000343. The number of aliphatic hydroxyl groups is 1. The summed E-state index contributed by atoms with van der Waals surface area (Å²) in [6.07, 6.45) is -2.86. The van der Waals surface area contributed by atoms with Crippen LogP contribution in [0.5, 0.6) is 0 Å². The first-order valence-electron chi connectivity index (χ1n) is 38.2. The number of hydrogen-bond acceptors (Lipinski definition) is 39. The van der Waals surface area contributed by atoms with E-state index in [1.54, 1.807) is 20.8 Å². The zero-order chi connectivity index (χ0) is 96.3. The second-order valence-electron chi connectivity index (χ2n) is 32.4. The summed E-state index contributed by atoms with van der Waals surface area (Å²) in [5.41, 5.74) is -5.09. The maximum absolute atomic E-state index is 11.9. The van der Waals surface area contributed by atoms with Gasteiger partial charge in [0, 0.05) is 16.2 Å². The third-order valence-corrected chi connectivity index (χ3v) is 14.2. The van der Waals surface area contributed by atoms with Gasteiger partial charge in [0.1, 0.15) is 223 Å². The third kappa shape index (κ3) is 78.8. The van der Waals surface area contributed by atoms with Gasteiger partial charge in [-0.25, -0.2) is 0 Å². The maximum Gasteiger partial charge on any atom is 0.313 e. The van der Waals surface area contributed by atoms with E-state index in [1.165, 1.54) is 62.3 Å². The molecule has 0 heterocycles. The summed E-state index contributed by atoms with van der Waals surface area (Å²) in [6, 6.07) is 0. The molecule has 692 valence electrons. The Morgan fingerprint density at radius 1 is 0.213 bits per heavy atom. The van der Waals surface area contributed by atoms with E-state index in [0.717, 1.165) is 40.5 Å². The number of carbonyl (C=O) groups excluding carboxylic acids is 26. The second-order valence-corrected chi connectivity index (χ2v) is 32.4. The Hall–Kier alpha value is -11.0. The summed E-state index contributed by atoms with van der Waals surface area (Å²) < 4.78 is 59.2. The van der Waals surface area contributed by atoms with Gasteiger partial charge < -0.3 is 61.9 Å². The van der Waals surface area contributed by atoms with Crippen molar-refractivity contribution in [2.24, 2.45) is 32.5 Å². The molecule has 0 atom stereocenters. The highest BCUT2D eigenvalue weighted by molar-refractivity contribution is 6.04. The van der Waals surface area contributed by atoms with E-state index in [0.29, 0.717) is 6.61 Å². The molecular formula is C83H126O39. The number of unbranched alkanes of at least 4 members (excludes halogenated alkanes) is 1. The Morgan fingerprint density at radius 3 is 0.525 bits per heavy atom. The van der Waals surface area contributed by atoms with Crippen LogP contribution in [0.3, 0.4) is 0 Å². The van der Waals surface area contributed by atoms with E-state index in [2.05, 4.69) is 0 Å². The van der Waals surface area contributed by atoms with Crippen molar-refractivity contribution in [2.75, 3.05) is 85.9 Å². The molecule has 0 saturated carbocycles. The van der Waals surface area contributed by atoms with Crippen LogP contribution >= 0.6 is 0 Å². The summed E-state index contributed by atoms with van der Waals surface area (Å²) in [5.74, 6) is -13.4. The fraction of sp³-hybridized carbons (Fsp3) is 0.687. The van der Waals surface area contributed by atoms with Crippen LogP contribution < -0.4 is 0 Å². The van der Waals surface area contributed by atoms with E-state index >= 15 is 0 Å². The van der Waals surface area contributed by atoms with Crippen molar-refractivity contribution in [1.82, 2.24) is 0 Å². The van der Waals surface area contributed by atoms with Crippen LogP contribution in [0.15, 0.2) is 0 Å². The molecule has 0 aliphatic heterocycles. The van der Waals surface area contributed by atoms with E-state index in [-0.39, 0.29) is 149 Å². The normalized spacial score (nSPS) is 10.8. The molecule has 0 rings (SSSR count). The molecule has 0 spiro atoms. The minimum atomic E-state index is -1.64. The van der Waals surface area contributed by atoms with Crippen LogP contribution in [0.4, 0.5) is 0 Å². The van der Waals surface area contributed by atoms with Crippen molar-refractivity contribution in [2.45, 2.75) is 256 Å². The van der Waals surface area contributed by atoms with E-state index in [4.69, 9.17) is 56.8 Å². The van der Waals surface area contributed by atoms with Crippen molar-refractivity contribution < 1.29 is 187 Å². The summed E-state index contributed by atoms with van der Waals surface area (Å²) in [5, 5.41) is 9.26. The highest BCUT2D eigenvalue weighted by atomic mass is 16.6. The van der Waals surface area contributed by atoms with Gasteiger partial charge in [0.05, 0.1) is 43.7 Å². The Labute approximate surface area is 710 Å². The first-order chi connectivity index (χ1) is 55.7. The van der Waals surface area contributed by atoms with Gasteiger partial charge >= 0.3 is 71.6 Å². The summed E-state index contributed by atoms with van der Waals surface area (Å²) in [6.45, 7) is 30.8. The van der Waals surface area contributed by atoms with Crippen LogP contribution in [0.1, 0.15) is 256 Å². The Morgan fingerprint density at radius 2 is 0.369 bits per heavy atom. The first-order valence-corrected chi connectivity index (χ1v) is 38.2. The Bertz CT molecular complexity index is 3320. The number of ketones is 14. The fourth-order valence-electron chi connectivity index (χ4n) is 7.37. The molecule has 0 aliphatic rings. The third-order valence-electron chi connectivity index (χ3n) is 14.2. The molecule has 0 aromatic rings. The SMILES string of the molecule is CC(=O)CC(=O)OCC(C)(C)COC(=O)CC(C)=O.CC(=O)CC(=O)OCC(C)(CO)COC(=O)CC(C)=O.CC(=O)CC(=O)OCC(C)(COC(=O)CC(C)=O)COC(=O)CC(C)=O.CC(=O)CC(=O)OCC(COC(=O)CC(C)=O)(COC(=O)CC(C)=O)COC(=O)CC(C)=O.CC(C)(C)C(=O)CC(=O)C(C)(C)C.CCCCOC(=O)CC(C)=O. The van der Waals surface area contributed by atoms with Crippen molar-refractivity contribution in [3.05, 3.63) is 0 Å². The molecule has 0 aliphatic carbocycles. The zero-order valence-corrected chi connectivity index (χ0v) is 74.8. The van der Waals surface area contributed by atoms with E-state index in [1.807, 2.05) is 48.5 Å². The molecular weight excluding hydrogens is 1620 g/mol. The minimum Gasteiger partial charge on any atom is -0.465 e. The number of carbonyl (C=O) groups is 26. The van der Waals surface area contributed by atoms with Crippen LogP contribution in [0.2, 0.25) is 0 Å². The minimum absolute atomic E-state index is 0.0208. The number of aliphatic hydroxyl groups excluding tert-OH is 1. The molecule has 0 aromatic heterocycles. The monoisotopic (exact) mass is 1750 g/mol. The van der Waals surface area contributed by atoms with E-state index in [9.17, 15) is 130 Å². The molecule has 39 nitrogen and oxygen atoms in total. The van der Waals surface area contributed by atoms with Gasteiger partial charge in [0.15, 0.2) is 0 Å². The van der Waals surface area contributed by atoms with Crippen LogP contribution in [0.25, 0.3) is 0 Å². The molecule has 0 bridgehead atoms. The number of Topliss-reactive ketones (excluding diaryl/α,β-unsaturated/α-hetero) is 14. The maximum atomic E-state index is 11.9. The average molecular weight is 1750 g/mol. The van der Waals surface area contributed by atoms with Crippen molar-refractivity contribution >= 4 is 153 Å². The van der Waals surface area contributed by atoms with Gasteiger partial charge in [-0.3, -0.25) is 125 Å². The lowest BCUT2D eigenvalue weighted by molar-refractivity contribution is -0.172. The fourth-order valence-corrected chi connectivity index (χ4v) is 7.37. The lowest BCUT2D eigenvalue weighted by atomic mass is 9.82. The molecule has 122 heavy (non-hydrogen) atoms. The number of rotatable bonds is 52. The molecule has 39 heteroatoms. The predicted molar refractivity (Wildman–Crippen MR) is 423 cm³/mol. The van der Waals surface area contributed by atoms with Gasteiger partial charge in [0.25, 0.3) is 0 Å². The van der Waals surface area contributed by atoms with Gasteiger partial charge in [-0.15, -0.1) is 0 Å². The highest BCUT2D eigenvalue weighted by Crippen LogP contribution is 2.26. The Kier molecular flexibility index (Phi) is 63.8. The van der Waals surface area contributed by atoms with Crippen LogP contribution in [0, 0.1) is 32.5 Å². The largest absolute Gasteiger partial charge is 0.465 e. The van der Waals surface area contributed by atoms with Gasteiger partial charge in [-0.2, -0.15) is 0 Å². The molecule has 0 amide bonds. The van der Waals surface area contributed by atoms with Gasteiger partial charge in [-0.05, 0) is 96.4 Å². The summed E-state index contributed by atoms with van der Waals surface area (Å²) >= 11 is 0. The van der Waals surface area contributed by atoms with Gasteiger partial charge in [0.2, 0.25) is 0 Å². The second kappa shape index (κ2) is 63.9. The number of esters is 12. The van der Waals surface area contributed by atoms with E-state index < -0.39 is 199 Å². The van der Waals surface area contributed by atoms with Crippen LogP contribution in [-0.2, 0) is 182 Å². The molecule has 0 aromatic carbocycles.